The van der Waals surface area contributed by atoms with E-state index < -0.39 is 10.0 Å². The second kappa shape index (κ2) is 5.95. The first-order valence-electron chi connectivity index (χ1n) is 5.81. The standard InChI is InChI=1S/C10H23N3O2S/c1-12(2)10-4-7-13(8-5-10)16(14,15)9-3-6-11/h10H,3-9,11H2,1-2H3. The van der Waals surface area contributed by atoms with E-state index >= 15 is 0 Å². The molecule has 0 bridgehead atoms. The molecule has 5 nitrogen and oxygen atoms in total. The summed E-state index contributed by atoms with van der Waals surface area (Å²) in [5.41, 5.74) is 5.34. The monoisotopic (exact) mass is 249 g/mol. The van der Waals surface area contributed by atoms with Crippen LogP contribution in [0.25, 0.3) is 0 Å². The average Bonchev–Trinajstić information content (AvgIpc) is 2.26. The Balaban J connectivity index is 2.47. The molecule has 2 N–H and O–H groups in total. The Morgan fingerprint density at radius 1 is 1.31 bits per heavy atom. The van der Waals surface area contributed by atoms with E-state index in [0.29, 0.717) is 32.1 Å². The van der Waals surface area contributed by atoms with Crippen molar-refractivity contribution in [3.8, 4) is 0 Å². The summed E-state index contributed by atoms with van der Waals surface area (Å²) in [5.74, 6) is 0.191. The zero-order valence-electron chi connectivity index (χ0n) is 10.2. The summed E-state index contributed by atoms with van der Waals surface area (Å²) in [6.07, 6.45) is 2.40. The summed E-state index contributed by atoms with van der Waals surface area (Å²) in [4.78, 5) is 2.17. The third-order valence-electron chi connectivity index (χ3n) is 3.15. The van der Waals surface area contributed by atoms with Gasteiger partial charge in [-0.2, -0.15) is 0 Å². The van der Waals surface area contributed by atoms with Gasteiger partial charge in [-0.05, 0) is 39.9 Å². The number of piperidine rings is 1. The van der Waals surface area contributed by atoms with Crippen LogP contribution in [-0.2, 0) is 10.0 Å². The van der Waals surface area contributed by atoms with Crippen molar-refractivity contribution >= 4 is 10.0 Å². The van der Waals surface area contributed by atoms with Crippen LogP contribution in [0, 0.1) is 0 Å². The van der Waals surface area contributed by atoms with Crippen LogP contribution in [0.15, 0.2) is 0 Å². The highest BCUT2D eigenvalue weighted by Crippen LogP contribution is 2.17. The zero-order chi connectivity index (χ0) is 12.2. The molecule has 1 fully saturated rings. The van der Waals surface area contributed by atoms with Gasteiger partial charge in [0.1, 0.15) is 0 Å². The SMILES string of the molecule is CN(C)C1CCN(S(=O)(=O)CCCN)CC1. The lowest BCUT2D eigenvalue weighted by Gasteiger charge is -2.34. The summed E-state index contributed by atoms with van der Waals surface area (Å²) >= 11 is 0. The van der Waals surface area contributed by atoms with E-state index in [1.165, 1.54) is 0 Å². The van der Waals surface area contributed by atoms with E-state index in [1.54, 1.807) is 4.31 Å². The van der Waals surface area contributed by atoms with Crippen molar-refractivity contribution in [1.82, 2.24) is 9.21 Å². The summed E-state index contributed by atoms with van der Waals surface area (Å²) in [6.45, 7) is 1.74. The summed E-state index contributed by atoms with van der Waals surface area (Å²) < 4.78 is 25.4. The molecule has 0 aromatic heterocycles. The first-order chi connectivity index (χ1) is 7.47. The Bertz CT molecular complexity index is 295. The largest absolute Gasteiger partial charge is 0.330 e. The van der Waals surface area contributed by atoms with Gasteiger partial charge in [-0.25, -0.2) is 12.7 Å². The molecule has 6 heteroatoms. The minimum Gasteiger partial charge on any atom is -0.330 e. The van der Waals surface area contributed by atoms with Gasteiger partial charge >= 0.3 is 0 Å². The summed E-state index contributed by atoms with van der Waals surface area (Å²) in [7, 11) is 1.03. The van der Waals surface area contributed by atoms with Crippen molar-refractivity contribution < 1.29 is 8.42 Å². The summed E-state index contributed by atoms with van der Waals surface area (Å²) in [5, 5.41) is 0. The Hall–Kier alpha value is -0.170. The Morgan fingerprint density at radius 3 is 2.31 bits per heavy atom. The molecule has 0 aromatic carbocycles. The molecule has 0 amide bonds. The minimum atomic E-state index is -3.06. The Labute approximate surface area is 98.6 Å². The molecular weight excluding hydrogens is 226 g/mol. The van der Waals surface area contributed by atoms with Gasteiger partial charge in [0.15, 0.2) is 0 Å². The molecule has 96 valence electrons. The summed E-state index contributed by atoms with van der Waals surface area (Å²) in [6, 6.07) is 0.515. The van der Waals surface area contributed by atoms with Crippen LogP contribution in [-0.4, -0.2) is 63.1 Å². The molecule has 0 saturated carbocycles. The molecule has 0 atom stereocenters. The maximum atomic E-state index is 11.9. The van der Waals surface area contributed by atoms with Gasteiger partial charge in [0.2, 0.25) is 10.0 Å². The van der Waals surface area contributed by atoms with Crippen molar-refractivity contribution in [2.75, 3.05) is 39.5 Å². The highest BCUT2D eigenvalue weighted by Gasteiger charge is 2.27. The molecule has 1 aliphatic heterocycles. The van der Waals surface area contributed by atoms with E-state index in [1.807, 2.05) is 14.1 Å². The normalized spacial score (nSPS) is 20.5. The lowest BCUT2D eigenvalue weighted by Crippen LogP contribution is -2.45. The fraction of sp³-hybridized carbons (Fsp3) is 1.00. The van der Waals surface area contributed by atoms with Crippen molar-refractivity contribution in [3.63, 3.8) is 0 Å². The number of rotatable bonds is 5. The third kappa shape index (κ3) is 3.69. The number of hydrogen-bond acceptors (Lipinski definition) is 4. The van der Waals surface area contributed by atoms with Crippen LogP contribution in [0.3, 0.4) is 0 Å². The maximum absolute atomic E-state index is 11.9. The number of nitrogens with two attached hydrogens (primary N) is 1. The fourth-order valence-corrected chi connectivity index (χ4v) is 3.59. The van der Waals surface area contributed by atoms with Gasteiger partial charge in [-0.15, -0.1) is 0 Å². The van der Waals surface area contributed by atoms with Crippen LogP contribution in [0.2, 0.25) is 0 Å². The van der Waals surface area contributed by atoms with Crippen LogP contribution in [0.5, 0.6) is 0 Å². The molecule has 1 rings (SSSR count). The fourth-order valence-electron chi connectivity index (χ4n) is 2.03. The molecule has 0 aromatic rings. The first-order valence-corrected chi connectivity index (χ1v) is 7.42. The minimum absolute atomic E-state index is 0.191. The molecule has 1 heterocycles. The lowest BCUT2D eigenvalue weighted by atomic mass is 10.1. The predicted octanol–water partition coefficient (Wildman–Crippen LogP) is -0.309. The average molecular weight is 249 g/mol. The highest BCUT2D eigenvalue weighted by molar-refractivity contribution is 7.89. The molecule has 0 spiro atoms. The second-order valence-corrected chi connectivity index (χ2v) is 6.64. The van der Waals surface area contributed by atoms with Crippen molar-refractivity contribution in [3.05, 3.63) is 0 Å². The lowest BCUT2D eigenvalue weighted by molar-refractivity contribution is 0.196. The number of sulfonamides is 1. The molecule has 0 aliphatic carbocycles. The highest BCUT2D eigenvalue weighted by atomic mass is 32.2. The van der Waals surface area contributed by atoms with Crippen molar-refractivity contribution in [2.45, 2.75) is 25.3 Å². The van der Waals surface area contributed by atoms with E-state index in [2.05, 4.69) is 4.90 Å². The Morgan fingerprint density at radius 2 is 1.88 bits per heavy atom. The third-order valence-corrected chi connectivity index (χ3v) is 5.11. The van der Waals surface area contributed by atoms with Crippen molar-refractivity contribution in [2.24, 2.45) is 5.73 Å². The molecular formula is C10H23N3O2S. The van der Waals surface area contributed by atoms with Crippen molar-refractivity contribution in [1.29, 1.82) is 0 Å². The van der Waals surface area contributed by atoms with Gasteiger partial charge in [0, 0.05) is 19.1 Å². The smallest absolute Gasteiger partial charge is 0.214 e. The van der Waals surface area contributed by atoms with E-state index in [4.69, 9.17) is 5.73 Å². The van der Waals surface area contributed by atoms with Gasteiger partial charge in [0.05, 0.1) is 5.75 Å². The topological polar surface area (TPSA) is 66.6 Å². The van der Waals surface area contributed by atoms with E-state index in [9.17, 15) is 8.42 Å². The quantitative estimate of drug-likeness (QED) is 0.726. The number of nitrogens with zero attached hydrogens (tertiary/aromatic N) is 2. The number of hydrogen-bond donors (Lipinski definition) is 1. The maximum Gasteiger partial charge on any atom is 0.214 e. The van der Waals surface area contributed by atoms with Gasteiger partial charge in [0.25, 0.3) is 0 Å². The zero-order valence-corrected chi connectivity index (χ0v) is 11.0. The molecule has 1 aliphatic rings. The first kappa shape index (κ1) is 13.9. The van der Waals surface area contributed by atoms with Crippen LogP contribution < -0.4 is 5.73 Å². The van der Waals surface area contributed by atoms with Gasteiger partial charge < -0.3 is 10.6 Å². The van der Waals surface area contributed by atoms with E-state index in [0.717, 1.165) is 12.8 Å². The van der Waals surface area contributed by atoms with Crippen LogP contribution >= 0.6 is 0 Å². The molecule has 0 unspecified atom stereocenters. The van der Waals surface area contributed by atoms with Gasteiger partial charge in [-0.3, -0.25) is 0 Å². The predicted molar refractivity (Wildman–Crippen MR) is 65.7 cm³/mol. The van der Waals surface area contributed by atoms with E-state index in [-0.39, 0.29) is 5.75 Å². The Kier molecular flexibility index (Phi) is 5.17. The van der Waals surface area contributed by atoms with Gasteiger partial charge in [-0.1, -0.05) is 0 Å². The molecule has 1 saturated heterocycles. The van der Waals surface area contributed by atoms with Crippen LogP contribution in [0.4, 0.5) is 0 Å². The second-order valence-electron chi connectivity index (χ2n) is 4.55. The van der Waals surface area contributed by atoms with Crippen LogP contribution in [0.1, 0.15) is 19.3 Å². The molecule has 16 heavy (non-hydrogen) atoms. The molecule has 0 radical (unpaired) electrons.